The first-order chi connectivity index (χ1) is 6.33. The number of carboxylic acids is 1. The molecule has 1 aromatic rings. The molecule has 0 saturated heterocycles. The van der Waals surface area contributed by atoms with Crippen LogP contribution in [0.2, 0.25) is 0 Å². The van der Waals surface area contributed by atoms with Gasteiger partial charge in [0.1, 0.15) is 5.76 Å². The third kappa shape index (κ3) is 2.38. The average molecular weight is 261 g/mol. The van der Waals surface area contributed by atoms with Gasteiger partial charge >= 0.3 is 5.97 Å². The molecule has 14 heavy (non-hydrogen) atoms. The van der Waals surface area contributed by atoms with Gasteiger partial charge in [0.2, 0.25) is 0 Å². The molecule has 0 aliphatic heterocycles. The van der Waals surface area contributed by atoms with Crippen LogP contribution in [0.25, 0.3) is 0 Å². The van der Waals surface area contributed by atoms with E-state index in [1.54, 1.807) is 0 Å². The molecule has 0 bridgehead atoms. The summed E-state index contributed by atoms with van der Waals surface area (Å²) in [7, 11) is 0. The SMILES string of the molecule is Cc1cc(Br)oc1C(C)(C)CC(=O)O. The zero-order valence-electron chi connectivity index (χ0n) is 8.43. The van der Waals surface area contributed by atoms with Crippen LogP contribution in [0.1, 0.15) is 31.6 Å². The average Bonchev–Trinajstić information content (AvgIpc) is 2.27. The van der Waals surface area contributed by atoms with Gasteiger partial charge in [0, 0.05) is 5.41 Å². The Kier molecular flexibility index (Phi) is 3.04. The summed E-state index contributed by atoms with van der Waals surface area (Å²) in [4.78, 5) is 10.7. The molecule has 1 N–H and O–H groups in total. The van der Waals surface area contributed by atoms with E-state index in [4.69, 9.17) is 9.52 Å². The fraction of sp³-hybridized carbons (Fsp3) is 0.500. The Morgan fingerprint density at radius 2 is 2.21 bits per heavy atom. The minimum Gasteiger partial charge on any atom is -0.481 e. The highest BCUT2D eigenvalue weighted by molar-refractivity contribution is 9.10. The number of aliphatic carboxylic acids is 1. The van der Waals surface area contributed by atoms with Crippen LogP contribution in [-0.2, 0) is 10.2 Å². The normalized spacial score (nSPS) is 11.7. The summed E-state index contributed by atoms with van der Waals surface area (Å²) in [5.74, 6) is -0.0892. The van der Waals surface area contributed by atoms with E-state index < -0.39 is 11.4 Å². The second-order valence-corrected chi connectivity index (χ2v) is 4.80. The van der Waals surface area contributed by atoms with E-state index in [1.165, 1.54) is 0 Å². The maximum Gasteiger partial charge on any atom is 0.304 e. The van der Waals surface area contributed by atoms with E-state index in [2.05, 4.69) is 15.9 Å². The molecule has 3 nitrogen and oxygen atoms in total. The van der Waals surface area contributed by atoms with Crippen molar-refractivity contribution < 1.29 is 14.3 Å². The van der Waals surface area contributed by atoms with Gasteiger partial charge in [0.25, 0.3) is 0 Å². The summed E-state index contributed by atoms with van der Waals surface area (Å²) >= 11 is 3.23. The molecule has 1 rings (SSSR count). The molecule has 0 saturated carbocycles. The van der Waals surface area contributed by atoms with E-state index >= 15 is 0 Å². The summed E-state index contributed by atoms with van der Waals surface area (Å²) in [5, 5.41) is 8.75. The Morgan fingerprint density at radius 3 is 2.57 bits per heavy atom. The van der Waals surface area contributed by atoms with E-state index in [-0.39, 0.29) is 6.42 Å². The van der Waals surface area contributed by atoms with Crippen LogP contribution in [0.15, 0.2) is 15.2 Å². The van der Waals surface area contributed by atoms with Crippen molar-refractivity contribution in [3.8, 4) is 0 Å². The minimum atomic E-state index is -0.818. The van der Waals surface area contributed by atoms with Crippen molar-refractivity contribution in [1.82, 2.24) is 0 Å². The van der Waals surface area contributed by atoms with E-state index in [9.17, 15) is 4.79 Å². The molecule has 0 radical (unpaired) electrons. The molecule has 1 aromatic heterocycles. The first-order valence-electron chi connectivity index (χ1n) is 4.31. The Bertz CT molecular complexity index is 352. The quantitative estimate of drug-likeness (QED) is 0.909. The zero-order chi connectivity index (χ0) is 10.9. The monoisotopic (exact) mass is 260 g/mol. The van der Waals surface area contributed by atoms with Crippen LogP contribution in [0, 0.1) is 6.92 Å². The summed E-state index contributed by atoms with van der Waals surface area (Å²) in [5.41, 5.74) is 0.505. The molecule has 0 aliphatic carbocycles. The van der Waals surface area contributed by atoms with Gasteiger partial charge in [-0.1, -0.05) is 13.8 Å². The van der Waals surface area contributed by atoms with Gasteiger partial charge < -0.3 is 9.52 Å². The first-order valence-corrected chi connectivity index (χ1v) is 5.10. The highest BCUT2D eigenvalue weighted by Gasteiger charge is 2.29. The van der Waals surface area contributed by atoms with Crippen molar-refractivity contribution in [3.05, 3.63) is 22.1 Å². The predicted octanol–water partition coefficient (Wildman–Crippen LogP) is 3.10. The predicted molar refractivity (Wildman–Crippen MR) is 56.4 cm³/mol. The van der Waals surface area contributed by atoms with Crippen molar-refractivity contribution in [3.63, 3.8) is 0 Å². The molecular formula is C10H13BrO3. The van der Waals surface area contributed by atoms with Gasteiger partial charge in [-0.05, 0) is 34.5 Å². The van der Waals surface area contributed by atoms with Crippen LogP contribution in [-0.4, -0.2) is 11.1 Å². The maximum absolute atomic E-state index is 10.7. The van der Waals surface area contributed by atoms with Gasteiger partial charge in [-0.3, -0.25) is 4.79 Å². The van der Waals surface area contributed by atoms with E-state index in [1.807, 2.05) is 26.8 Å². The zero-order valence-corrected chi connectivity index (χ0v) is 10.0. The Balaban J connectivity index is 3.02. The fourth-order valence-electron chi connectivity index (χ4n) is 1.57. The standard InChI is InChI=1S/C10H13BrO3/c1-6-4-7(11)14-9(6)10(2,3)5-8(12)13/h4H,5H2,1-3H3,(H,12,13). The molecule has 0 spiro atoms. The largest absolute Gasteiger partial charge is 0.481 e. The lowest BCUT2D eigenvalue weighted by molar-refractivity contribution is -0.138. The van der Waals surface area contributed by atoms with Gasteiger partial charge in [-0.2, -0.15) is 0 Å². The lowest BCUT2D eigenvalue weighted by Gasteiger charge is -2.20. The molecule has 1 heterocycles. The summed E-state index contributed by atoms with van der Waals surface area (Å²) in [6.45, 7) is 5.63. The van der Waals surface area contributed by atoms with Crippen molar-refractivity contribution in [2.75, 3.05) is 0 Å². The second kappa shape index (κ2) is 3.77. The molecule has 4 heteroatoms. The number of hydrogen-bond acceptors (Lipinski definition) is 2. The molecule has 0 amide bonds. The molecule has 0 aromatic carbocycles. The van der Waals surface area contributed by atoms with Crippen LogP contribution in [0.5, 0.6) is 0 Å². The number of carbonyl (C=O) groups is 1. The van der Waals surface area contributed by atoms with Gasteiger partial charge in [-0.25, -0.2) is 0 Å². The number of carboxylic acid groups (broad SMARTS) is 1. The summed E-state index contributed by atoms with van der Waals surface area (Å²) in [6.07, 6.45) is 0.0633. The van der Waals surface area contributed by atoms with Crippen molar-refractivity contribution in [2.45, 2.75) is 32.6 Å². The van der Waals surface area contributed by atoms with Crippen molar-refractivity contribution in [1.29, 1.82) is 0 Å². The Hall–Kier alpha value is -0.770. The van der Waals surface area contributed by atoms with Crippen LogP contribution >= 0.6 is 15.9 Å². The van der Waals surface area contributed by atoms with E-state index in [0.717, 1.165) is 11.3 Å². The highest BCUT2D eigenvalue weighted by Crippen LogP contribution is 2.33. The fourth-order valence-corrected chi connectivity index (χ4v) is 2.08. The smallest absolute Gasteiger partial charge is 0.304 e. The number of rotatable bonds is 3. The third-order valence-electron chi connectivity index (χ3n) is 2.10. The lowest BCUT2D eigenvalue weighted by Crippen LogP contribution is -2.21. The number of hydrogen-bond donors (Lipinski definition) is 1. The van der Waals surface area contributed by atoms with Crippen LogP contribution in [0.3, 0.4) is 0 Å². The topological polar surface area (TPSA) is 50.4 Å². The van der Waals surface area contributed by atoms with Gasteiger partial charge in [0.15, 0.2) is 4.67 Å². The first kappa shape index (κ1) is 11.3. The molecule has 0 fully saturated rings. The lowest BCUT2D eigenvalue weighted by atomic mass is 9.85. The van der Waals surface area contributed by atoms with Crippen LogP contribution in [0.4, 0.5) is 0 Å². The van der Waals surface area contributed by atoms with Crippen molar-refractivity contribution >= 4 is 21.9 Å². The second-order valence-electron chi connectivity index (χ2n) is 4.02. The molecule has 0 atom stereocenters. The Morgan fingerprint density at radius 1 is 1.64 bits per heavy atom. The maximum atomic E-state index is 10.7. The Labute approximate surface area is 91.2 Å². The molecule has 78 valence electrons. The molecule has 0 aliphatic rings. The summed E-state index contributed by atoms with van der Waals surface area (Å²) < 4.78 is 6.08. The number of halogens is 1. The van der Waals surface area contributed by atoms with Gasteiger partial charge in [0.05, 0.1) is 6.42 Å². The minimum absolute atomic E-state index is 0.0633. The molecular weight excluding hydrogens is 248 g/mol. The summed E-state index contributed by atoms with van der Waals surface area (Å²) in [6, 6.07) is 1.85. The van der Waals surface area contributed by atoms with Crippen LogP contribution < -0.4 is 0 Å². The van der Waals surface area contributed by atoms with E-state index in [0.29, 0.717) is 4.67 Å². The third-order valence-corrected chi connectivity index (χ3v) is 2.49. The number of aryl methyl sites for hydroxylation is 1. The molecule has 0 unspecified atom stereocenters. The highest BCUT2D eigenvalue weighted by atomic mass is 79.9. The van der Waals surface area contributed by atoms with Crippen molar-refractivity contribution in [2.24, 2.45) is 0 Å². The number of furan rings is 1. The van der Waals surface area contributed by atoms with Gasteiger partial charge in [-0.15, -0.1) is 0 Å².